The quantitative estimate of drug-likeness (QED) is 0.181. The molecule has 4 nitrogen and oxygen atoms in total. The maximum absolute atomic E-state index is 11.1. The molecule has 9 aromatic rings. The van der Waals surface area contributed by atoms with Gasteiger partial charge in [-0.2, -0.15) is 10.5 Å². The number of hydrogen-bond acceptors (Lipinski definition) is 2. The summed E-state index contributed by atoms with van der Waals surface area (Å²) in [6.45, 7) is 9.25. The first kappa shape index (κ1) is 30.7. The minimum absolute atomic E-state index is 0.319. The zero-order chi connectivity index (χ0) is 36.7. The highest BCUT2D eigenvalue weighted by atomic mass is 15.1. The van der Waals surface area contributed by atoms with Gasteiger partial charge in [-0.1, -0.05) is 137 Å². The second-order valence-electron chi connectivity index (χ2n) is 15.9. The summed E-state index contributed by atoms with van der Waals surface area (Å²) >= 11 is 0. The van der Waals surface area contributed by atoms with Crippen LogP contribution < -0.4 is 0 Å². The second kappa shape index (κ2) is 10.4. The lowest BCUT2D eigenvalue weighted by Gasteiger charge is -2.26. The van der Waals surface area contributed by atoms with Crippen LogP contribution in [0.3, 0.4) is 0 Å². The molecule has 0 N–H and O–H groups in total. The molecule has 2 aliphatic carbocycles. The van der Waals surface area contributed by atoms with Crippen LogP contribution in [-0.2, 0) is 10.8 Å². The van der Waals surface area contributed by atoms with E-state index in [1.165, 1.54) is 44.5 Å². The van der Waals surface area contributed by atoms with Gasteiger partial charge in [0, 0.05) is 32.4 Å². The largest absolute Gasteiger partial charge is 0.306 e. The first-order valence-electron chi connectivity index (χ1n) is 18.6. The van der Waals surface area contributed by atoms with Crippen molar-refractivity contribution in [1.82, 2.24) is 9.13 Å². The van der Waals surface area contributed by atoms with Crippen molar-refractivity contribution >= 4 is 43.6 Å². The second-order valence-corrected chi connectivity index (χ2v) is 15.9. The summed E-state index contributed by atoms with van der Waals surface area (Å²) in [5, 5.41) is 26.7. The molecular weight excluding hydrogens is 657 g/mol. The van der Waals surface area contributed by atoms with E-state index < -0.39 is 0 Å². The van der Waals surface area contributed by atoms with Crippen molar-refractivity contribution in [2.75, 3.05) is 0 Å². The fourth-order valence-corrected chi connectivity index (χ4v) is 10.3. The summed E-state index contributed by atoms with van der Waals surface area (Å²) in [5.74, 6) is 0. The van der Waals surface area contributed by atoms with E-state index in [2.05, 4.69) is 170 Å². The Labute approximate surface area is 313 Å². The van der Waals surface area contributed by atoms with Crippen LogP contribution in [0.1, 0.15) is 61.1 Å². The fraction of sp³-hybridized carbons (Fsp3) is 0.120. The average Bonchev–Trinajstić information content (AvgIpc) is 3.86. The average molecular weight is 691 g/mol. The van der Waals surface area contributed by atoms with Gasteiger partial charge in [-0.3, -0.25) is 0 Å². The molecule has 0 aliphatic heterocycles. The van der Waals surface area contributed by atoms with Crippen LogP contribution in [0.15, 0.2) is 133 Å². The predicted molar refractivity (Wildman–Crippen MR) is 220 cm³/mol. The fourth-order valence-electron chi connectivity index (χ4n) is 10.3. The van der Waals surface area contributed by atoms with E-state index in [0.29, 0.717) is 11.1 Å². The van der Waals surface area contributed by atoms with Crippen molar-refractivity contribution in [2.24, 2.45) is 0 Å². The Balaban J connectivity index is 1.38. The molecule has 0 atom stereocenters. The van der Waals surface area contributed by atoms with Crippen molar-refractivity contribution in [2.45, 2.75) is 38.5 Å². The molecule has 0 bridgehead atoms. The summed E-state index contributed by atoms with van der Waals surface area (Å²) in [7, 11) is 0. The third kappa shape index (κ3) is 3.60. The zero-order valence-corrected chi connectivity index (χ0v) is 30.5. The third-order valence-electron chi connectivity index (χ3n) is 12.5. The zero-order valence-electron chi connectivity index (χ0n) is 30.5. The molecule has 2 heterocycles. The van der Waals surface area contributed by atoms with E-state index in [0.717, 1.165) is 55.0 Å². The lowest BCUT2D eigenvalue weighted by atomic mass is 9.81. The molecule has 4 heteroatoms. The predicted octanol–water partition coefficient (Wildman–Crippen LogP) is 12.2. The number of fused-ring (bicyclic) bond motifs is 14. The Hall–Kier alpha value is -6.88. The molecule has 54 heavy (non-hydrogen) atoms. The molecule has 0 unspecified atom stereocenters. The van der Waals surface area contributed by atoms with Gasteiger partial charge in [-0.05, 0) is 68.8 Å². The SMILES string of the molecule is CC1(C)c2ccccc2-c2ccc3c4ccccc4n(-c4c(C#N)ccc(C#N)c4-n4c5ccccc5c5ccc6c(c54)C(C)(C)c4ccccc4-6)c3c21. The van der Waals surface area contributed by atoms with E-state index in [1.54, 1.807) is 0 Å². The molecule has 0 amide bonds. The van der Waals surface area contributed by atoms with Crippen molar-refractivity contribution in [3.05, 3.63) is 167 Å². The lowest BCUT2D eigenvalue weighted by Crippen LogP contribution is -2.18. The maximum atomic E-state index is 11.1. The molecular formula is C50H34N4. The Morgan fingerprint density at radius 3 is 1.22 bits per heavy atom. The van der Waals surface area contributed by atoms with Crippen LogP contribution in [0.4, 0.5) is 0 Å². The van der Waals surface area contributed by atoms with Gasteiger partial charge in [-0.15, -0.1) is 0 Å². The van der Waals surface area contributed by atoms with Crippen LogP contribution in [0, 0.1) is 22.7 Å². The molecule has 2 aromatic heterocycles. The molecule has 0 radical (unpaired) electrons. The third-order valence-corrected chi connectivity index (χ3v) is 12.5. The van der Waals surface area contributed by atoms with Crippen LogP contribution in [0.25, 0.3) is 77.2 Å². The Morgan fingerprint density at radius 2 is 0.796 bits per heavy atom. The number of rotatable bonds is 2. The van der Waals surface area contributed by atoms with Gasteiger partial charge in [0.25, 0.3) is 0 Å². The van der Waals surface area contributed by atoms with E-state index in [4.69, 9.17) is 0 Å². The molecule has 0 saturated carbocycles. The number of aromatic nitrogens is 2. The molecule has 11 rings (SSSR count). The standard InChI is InChI=1S/C50H34N4/c1-49(2)39-17-9-5-13-31(39)35-23-25-37-33-15-7-11-19-41(33)53(47(37)43(35)49)45-29(27-51)21-22-30(28-52)46(45)54-42-20-12-8-16-34(42)38-26-24-36-32-14-6-10-18-40(32)50(3,4)44(36)48(38)54/h5-26H,1-4H3. The van der Waals surface area contributed by atoms with Crippen molar-refractivity contribution in [1.29, 1.82) is 10.5 Å². The van der Waals surface area contributed by atoms with Crippen LogP contribution in [0.2, 0.25) is 0 Å². The summed E-state index contributed by atoms with van der Waals surface area (Å²) in [5.41, 5.74) is 15.9. The first-order chi connectivity index (χ1) is 26.3. The summed E-state index contributed by atoms with van der Waals surface area (Å²) < 4.78 is 4.63. The Morgan fingerprint density at radius 1 is 0.407 bits per heavy atom. The number of hydrogen-bond donors (Lipinski definition) is 0. The van der Waals surface area contributed by atoms with Crippen molar-refractivity contribution in [3.63, 3.8) is 0 Å². The van der Waals surface area contributed by atoms with Gasteiger partial charge in [-0.25, -0.2) is 0 Å². The van der Waals surface area contributed by atoms with Gasteiger partial charge in [0.05, 0.1) is 44.6 Å². The van der Waals surface area contributed by atoms with E-state index in [9.17, 15) is 10.5 Å². The Bertz CT molecular complexity index is 3020. The minimum atomic E-state index is -0.319. The topological polar surface area (TPSA) is 57.4 Å². The van der Waals surface area contributed by atoms with E-state index in [-0.39, 0.29) is 10.8 Å². The van der Waals surface area contributed by atoms with Gasteiger partial charge >= 0.3 is 0 Å². The van der Waals surface area contributed by atoms with Crippen molar-refractivity contribution < 1.29 is 0 Å². The van der Waals surface area contributed by atoms with Crippen LogP contribution in [-0.4, -0.2) is 9.13 Å². The minimum Gasteiger partial charge on any atom is -0.306 e. The lowest BCUT2D eigenvalue weighted by molar-refractivity contribution is 0.663. The highest BCUT2D eigenvalue weighted by Crippen LogP contribution is 2.55. The van der Waals surface area contributed by atoms with Crippen molar-refractivity contribution in [3.8, 4) is 45.8 Å². The normalized spacial score (nSPS) is 14.6. The smallest absolute Gasteiger partial charge is 0.101 e. The molecule has 2 aliphatic rings. The molecule has 0 fully saturated rings. The maximum Gasteiger partial charge on any atom is 0.101 e. The number of para-hydroxylation sites is 2. The molecule has 7 aromatic carbocycles. The Kier molecular flexibility index (Phi) is 5.90. The van der Waals surface area contributed by atoms with Crippen LogP contribution in [0.5, 0.6) is 0 Å². The van der Waals surface area contributed by atoms with Gasteiger partial charge in [0.2, 0.25) is 0 Å². The monoisotopic (exact) mass is 690 g/mol. The van der Waals surface area contributed by atoms with E-state index in [1.807, 2.05) is 12.1 Å². The van der Waals surface area contributed by atoms with Gasteiger partial charge < -0.3 is 9.13 Å². The van der Waals surface area contributed by atoms with E-state index >= 15 is 0 Å². The number of nitrogens with zero attached hydrogens (tertiary/aromatic N) is 4. The summed E-state index contributed by atoms with van der Waals surface area (Å²) in [6.07, 6.45) is 0. The molecule has 254 valence electrons. The van der Waals surface area contributed by atoms with Gasteiger partial charge in [0.15, 0.2) is 0 Å². The summed E-state index contributed by atoms with van der Waals surface area (Å²) in [4.78, 5) is 0. The highest BCUT2D eigenvalue weighted by molar-refractivity contribution is 6.16. The number of nitriles is 2. The van der Waals surface area contributed by atoms with Crippen LogP contribution >= 0.6 is 0 Å². The first-order valence-corrected chi connectivity index (χ1v) is 18.6. The molecule has 0 saturated heterocycles. The molecule has 0 spiro atoms. The summed E-state index contributed by atoms with van der Waals surface area (Å²) in [6, 6.07) is 52.4. The van der Waals surface area contributed by atoms with Gasteiger partial charge in [0.1, 0.15) is 12.1 Å². The highest BCUT2D eigenvalue weighted by Gasteiger charge is 2.41. The number of benzene rings is 7.